The third-order valence-corrected chi connectivity index (χ3v) is 3.97. The molecule has 6 heteroatoms. The van der Waals surface area contributed by atoms with Gasteiger partial charge in [0.05, 0.1) is 5.25 Å². The van der Waals surface area contributed by atoms with Gasteiger partial charge >= 0.3 is 0 Å². The summed E-state index contributed by atoms with van der Waals surface area (Å²) in [5.41, 5.74) is 0. The Balaban J connectivity index is 0.00000200. The summed E-state index contributed by atoms with van der Waals surface area (Å²) in [6, 6.07) is 10.6. The third kappa shape index (κ3) is 4.81. The van der Waals surface area contributed by atoms with E-state index in [4.69, 9.17) is 4.52 Å². The maximum atomic E-state index is 5.33. The SMILES string of the molecule is CNC(C)Cc1noc(C(C)Sc2ccccc2)n1.Cl. The van der Waals surface area contributed by atoms with Crippen molar-refractivity contribution in [2.45, 2.75) is 36.5 Å². The standard InChI is InChI=1S/C14H19N3OS.ClH/c1-10(15-3)9-13-16-14(18-17-13)11(2)19-12-7-5-4-6-8-12;/h4-8,10-11,15H,9H2,1-3H3;1H. The van der Waals surface area contributed by atoms with Gasteiger partial charge in [0.1, 0.15) is 0 Å². The molecule has 1 aromatic carbocycles. The molecule has 2 aromatic rings. The van der Waals surface area contributed by atoms with Gasteiger partial charge in [0.25, 0.3) is 0 Å². The fourth-order valence-electron chi connectivity index (χ4n) is 1.65. The van der Waals surface area contributed by atoms with Crippen LogP contribution in [0.15, 0.2) is 39.8 Å². The van der Waals surface area contributed by atoms with Crippen LogP contribution in [0.3, 0.4) is 0 Å². The zero-order chi connectivity index (χ0) is 13.7. The van der Waals surface area contributed by atoms with E-state index in [0.29, 0.717) is 11.9 Å². The summed E-state index contributed by atoms with van der Waals surface area (Å²) in [5, 5.41) is 7.35. The number of hydrogen-bond donors (Lipinski definition) is 1. The Kier molecular flexibility index (Phi) is 7.05. The fraction of sp³-hybridized carbons (Fsp3) is 0.429. The molecule has 0 aliphatic heterocycles. The summed E-state index contributed by atoms with van der Waals surface area (Å²) in [4.78, 5) is 5.66. The van der Waals surface area contributed by atoms with Gasteiger partial charge in [-0.25, -0.2) is 0 Å². The molecule has 20 heavy (non-hydrogen) atoms. The van der Waals surface area contributed by atoms with Crippen LogP contribution in [0, 0.1) is 0 Å². The van der Waals surface area contributed by atoms with E-state index >= 15 is 0 Å². The summed E-state index contributed by atoms with van der Waals surface area (Å²) >= 11 is 1.72. The second kappa shape index (κ2) is 8.29. The van der Waals surface area contributed by atoms with E-state index < -0.39 is 0 Å². The molecule has 0 bridgehead atoms. The van der Waals surface area contributed by atoms with Crippen LogP contribution < -0.4 is 5.32 Å². The molecule has 1 heterocycles. The van der Waals surface area contributed by atoms with Crippen LogP contribution in [0.4, 0.5) is 0 Å². The van der Waals surface area contributed by atoms with Crippen molar-refractivity contribution in [3.63, 3.8) is 0 Å². The van der Waals surface area contributed by atoms with Gasteiger partial charge in [-0.1, -0.05) is 23.4 Å². The minimum Gasteiger partial charge on any atom is -0.338 e. The van der Waals surface area contributed by atoms with Gasteiger partial charge in [0, 0.05) is 17.4 Å². The Morgan fingerprint density at radius 1 is 1.25 bits per heavy atom. The maximum absolute atomic E-state index is 5.33. The van der Waals surface area contributed by atoms with Crippen LogP contribution in [0.1, 0.15) is 30.8 Å². The molecule has 110 valence electrons. The predicted octanol–water partition coefficient (Wildman–Crippen LogP) is 3.50. The molecular formula is C14H20ClN3OS. The van der Waals surface area contributed by atoms with Gasteiger partial charge < -0.3 is 9.84 Å². The van der Waals surface area contributed by atoms with Gasteiger partial charge in [-0.2, -0.15) is 4.98 Å². The highest BCUT2D eigenvalue weighted by Gasteiger charge is 2.16. The predicted molar refractivity (Wildman–Crippen MR) is 84.5 cm³/mol. The lowest BCUT2D eigenvalue weighted by Crippen LogP contribution is -2.24. The molecule has 4 nitrogen and oxygen atoms in total. The molecule has 1 N–H and O–H groups in total. The van der Waals surface area contributed by atoms with E-state index in [1.165, 1.54) is 4.90 Å². The van der Waals surface area contributed by atoms with E-state index in [0.717, 1.165) is 12.2 Å². The van der Waals surface area contributed by atoms with Crippen molar-refractivity contribution in [2.75, 3.05) is 7.05 Å². The average Bonchev–Trinajstić information content (AvgIpc) is 2.88. The van der Waals surface area contributed by atoms with Crippen LogP contribution in [-0.2, 0) is 6.42 Å². The number of nitrogens with one attached hydrogen (secondary N) is 1. The minimum absolute atomic E-state index is 0. The molecular weight excluding hydrogens is 294 g/mol. The van der Waals surface area contributed by atoms with Crippen molar-refractivity contribution in [3.8, 4) is 0 Å². The molecule has 2 unspecified atom stereocenters. The number of benzene rings is 1. The first kappa shape index (κ1) is 17.0. The third-order valence-electron chi connectivity index (χ3n) is 2.87. The first-order chi connectivity index (χ1) is 9.19. The minimum atomic E-state index is 0. The lowest BCUT2D eigenvalue weighted by atomic mass is 10.2. The van der Waals surface area contributed by atoms with Gasteiger partial charge in [-0.3, -0.25) is 0 Å². The average molecular weight is 314 g/mol. The molecule has 2 rings (SSSR count). The van der Waals surface area contributed by atoms with Gasteiger partial charge in [-0.15, -0.1) is 24.2 Å². The van der Waals surface area contributed by atoms with Crippen molar-refractivity contribution in [2.24, 2.45) is 0 Å². The van der Waals surface area contributed by atoms with Crippen LogP contribution >= 0.6 is 24.2 Å². The van der Waals surface area contributed by atoms with Crippen molar-refractivity contribution < 1.29 is 4.52 Å². The zero-order valence-corrected chi connectivity index (χ0v) is 13.5. The normalized spacial score (nSPS) is 13.6. The van der Waals surface area contributed by atoms with E-state index in [9.17, 15) is 0 Å². The van der Waals surface area contributed by atoms with E-state index in [-0.39, 0.29) is 17.7 Å². The highest BCUT2D eigenvalue weighted by atomic mass is 35.5. The maximum Gasteiger partial charge on any atom is 0.239 e. The number of halogens is 1. The van der Waals surface area contributed by atoms with Crippen molar-refractivity contribution >= 4 is 24.2 Å². The number of thioether (sulfide) groups is 1. The molecule has 0 amide bonds. The fourth-order valence-corrected chi connectivity index (χ4v) is 2.56. The number of aromatic nitrogens is 2. The van der Waals surface area contributed by atoms with E-state index in [1.807, 2.05) is 25.2 Å². The van der Waals surface area contributed by atoms with Crippen molar-refractivity contribution in [1.82, 2.24) is 15.5 Å². The lowest BCUT2D eigenvalue weighted by Gasteiger charge is -2.06. The van der Waals surface area contributed by atoms with Crippen LogP contribution in [0.2, 0.25) is 0 Å². The molecule has 0 aliphatic rings. The van der Waals surface area contributed by atoms with Gasteiger partial charge in [0.2, 0.25) is 5.89 Å². The van der Waals surface area contributed by atoms with Crippen LogP contribution in [0.25, 0.3) is 0 Å². The summed E-state index contributed by atoms with van der Waals surface area (Å²) < 4.78 is 5.33. The topological polar surface area (TPSA) is 51.0 Å². The molecule has 0 aliphatic carbocycles. The first-order valence-electron chi connectivity index (χ1n) is 6.40. The summed E-state index contributed by atoms with van der Waals surface area (Å²) in [6.07, 6.45) is 0.780. The molecule has 0 saturated carbocycles. The quantitative estimate of drug-likeness (QED) is 0.827. The summed E-state index contributed by atoms with van der Waals surface area (Å²) in [5.74, 6) is 1.45. The van der Waals surface area contributed by atoms with Crippen molar-refractivity contribution in [3.05, 3.63) is 42.0 Å². The smallest absolute Gasteiger partial charge is 0.239 e. The number of nitrogens with zero attached hydrogens (tertiary/aromatic N) is 2. The number of rotatable bonds is 6. The Morgan fingerprint density at radius 3 is 2.60 bits per heavy atom. The highest BCUT2D eigenvalue weighted by molar-refractivity contribution is 7.99. The van der Waals surface area contributed by atoms with Crippen LogP contribution in [0.5, 0.6) is 0 Å². The molecule has 0 fully saturated rings. The number of likely N-dealkylation sites (N-methyl/N-ethyl adjacent to an activating group) is 1. The Morgan fingerprint density at radius 2 is 1.95 bits per heavy atom. The molecule has 0 radical (unpaired) electrons. The van der Waals surface area contributed by atoms with Crippen molar-refractivity contribution in [1.29, 1.82) is 0 Å². The molecule has 1 aromatic heterocycles. The zero-order valence-electron chi connectivity index (χ0n) is 11.9. The van der Waals surface area contributed by atoms with Crippen LogP contribution in [-0.4, -0.2) is 23.2 Å². The van der Waals surface area contributed by atoms with E-state index in [2.05, 4.69) is 41.4 Å². The Hall–Kier alpha value is -1.04. The second-order valence-corrected chi connectivity index (χ2v) is 5.93. The number of hydrogen-bond acceptors (Lipinski definition) is 5. The van der Waals surface area contributed by atoms with Gasteiger partial charge in [-0.05, 0) is 33.0 Å². The Labute approximate surface area is 130 Å². The molecule has 0 saturated heterocycles. The molecule has 2 atom stereocenters. The van der Waals surface area contributed by atoms with Gasteiger partial charge in [0.15, 0.2) is 5.82 Å². The monoisotopic (exact) mass is 313 g/mol. The molecule has 0 spiro atoms. The Bertz CT molecular complexity index is 506. The summed E-state index contributed by atoms with van der Waals surface area (Å²) in [6.45, 7) is 4.18. The largest absolute Gasteiger partial charge is 0.338 e. The first-order valence-corrected chi connectivity index (χ1v) is 7.28. The van der Waals surface area contributed by atoms with E-state index in [1.54, 1.807) is 11.8 Å². The summed E-state index contributed by atoms with van der Waals surface area (Å²) in [7, 11) is 1.93. The second-order valence-electron chi connectivity index (χ2n) is 4.52. The lowest BCUT2D eigenvalue weighted by molar-refractivity contribution is 0.373. The highest BCUT2D eigenvalue weighted by Crippen LogP contribution is 2.33.